The number of aliphatic hydroxyl groups excluding tert-OH is 1. The molecule has 3 heteroatoms. The predicted octanol–water partition coefficient (Wildman–Crippen LogP) is -0.271. The molecule has 0 unspecified atom stereocenters. The zero-order valence-electron chi connectivity index (χ0n) is 6.15. The van der Waals surface area contributed by atoms with Crippen molar-refractivity contribution >= 4 is 0 Å². The van der Waals surface area contributed by atoms with Crippen LogP contribution in [-0.2, 0) is 0 Å². The minimum Gasteiger partial charge on any atom is -0.395 e. The molecule has 0 saturated carbocycles. The van der Waals surface area contributed by atoms with Gasteiger partial charge in [-0.25, -0.2) is 0 Å². The van der Waals surface area contributed by atoms with E-state index in [-0.39, 0.29) is 6.61 Å². The summed E-state index contributed by atoms with van der Waals surface area (Å²) in [6, 6.07) is 0. The normalized spacial score (nSPS) is 10.7. The van der Waals surface area contributed by atoms with Crippen LogP contribution in [0.5, 0.6) is 0 Å². The molecule has 56 valence electrons. The van der Waals surface area contributed by atoms with E-state index in [1.807, 2.05) is 0 Å². The molecule has 0 aliphatic carbocycles. The first-order valence-electron chi connectivity index (χ1n) is 3.34. The SMILES string of the molecule is CC(C)CNNCCO. The standard InChI is InChI=1S/C6H16N2O/c1-6(2)5-8-7-3-4-9/h6-9H,3-5H2,1-2H3. The smallest absolute Gasteiger partial charge is 0.0569 e. The van der Waals surface area contributed by atoms with Gasteiger partial charge in [-0.05, 0) is 5.92 Å². The molecular formula is C6H16N2O. The van der Waals surface area contributed by atoms with Gasteiger partial charge in [0.15, 0.2) is 0 Å². The maximum atomic E-state index is 8.33. The molecule has 0 aliphatic rings. The molecule has 0 fully saturated rings. The first kappa shape index (κ1) is 8.88. The van der Waals surface area contributed by atoms with Crippen LogP contribution in [0.1, 0.15) is 13.8 Å². The second-order valence-electron chi connectivity index (χ2n) is 2.43. The number of hydrogen-bond donors (Lipinski definition) is 3. The largest absolute Gasteiger partial charge is 0.395 e. The van der Waals surface area contributed by atoms with Gasteiger partial charge in [0, 0.05) is 13.1 Å². The third kappa shape index (κ3) is 7.88. The first-order chi connectivity index (χ1) is 4.27. The lowest BCUT2D eigenvalue weighted by Crippen LogP contribution is -2.36. The summed E-state index contributed by atoms with van der Waals surface area (Å²) in [4.78, 5) is 0. The third-order valence-corrected chi connectivity index (χ3v) is 0.872. The van der Waals surface area contributed by atoms with Gasteiger partial charge in [-0.2, -0.15) is 0 Å². The van der Waals surface area contributed by atoms with Crippen molar-refractivity contribution in [3.8, 4) is 0 Å². The number of nitrogens with one attached hydrogen (secondary N) is 2. The van der Waals surface area contributed by atoms with Gasteiger partial charge in [-0.3, -0.25) is 10.9 Å². The topological polar surface area (TPSA) is 44.3 Å². The molecule has 0 aromatic heterocycles. The number of rotatable bonds is 5. The van der Waals surface area contributed by atoms with Crippen LogP contribution in [-0.4, -0.2) is 24.8 Å². The quantitative estimate of drug-likeness (QED) is 0.356. The van der Waals surface area contributed by atoms with Crippen LogP contribution < -0.4 is 10.9 Å². The lowest BCUT2D eigenvalue weighted by molar-refractivity contribution is 0.281. The van der Waals surface area contributed by atoms with Crippen molar-refractivity contribution in [1.29, 1.82) is 0 Å². The average molecular weight is 132 g/mol. The Kier molecular flexibility index (Phi) is 5.93. The van der Waals surface area contributed by atoms with E-state index in [1.165, 1.54) is 0 Å². The van der Waals surface area contributed by atoms with E-state index in [2.05, 4.69) is 24.7 Å². The Balaban J connectivity index is 2.75. The summed E-state index contributed by atoms with van der Waals surface area (Å²) in [5, 5.41) is 8.33. The fraction of sp³-hybridized carbons (Fsp3) is 1.00. The molecule has 0 radical (unpaired) electrons. The fourth-order valence-corrected chi connectivity index (χ4v) is 0.421. The van der Waals surface area contributed by atoms with Crippen molar-refractivity contribution in [2.24, 2.45) is 5.92 Å². The van der Waals surface area contributed by atoms with E-state index in [0.29, 0.717) is 12.5 Å². The summed E-state index contributed by atoms with van der Waals surface area (Å²) in [5.74, 6) is 0.649. The van der Waals surface area contributed by atoms with Gasteiger partial charge in [0.2, 0.25) is 0 Å². The van der Waals surface area contributed by atoms with Gasteiger partial charge < -0.3 is 5.11 Å². The minimum absolute atomic E-state index is 0.186. The van der Waals surface area contributed by atoms with Crippen LogP contribution >= 0.6 is 0 Å². The summed E-state index contributed by atoms with van der Waals surface area (Å²) < 4.78 is 0. The molecule has 0 aliphatic heterocycles. The van der Waals surface area contributed by atoms with Crippen molar-refractivity contribution in [2.75, 3.05) is 19.7 Å². The molecular weight excluding hydrogens is 116 g/mol. The number of aliphatic hydroxyl groups is 1. The van der Waals surface area contributed by atoms with E-state index in [4.69, 9.17) is 5.11 Å². The monoisotopic (exact) mass is 132 g/mol. The van der Waals surface area contributed by atoms with Crippen LogP contribution in [0.4, 0.5) is 0 Å². The highest BCUT2D eigenvalue weighted by atomic mass is 16.3. The van der Waals surface area contributed by atoms with Crippen LogP contribution in [0, 0.1) is 5.92 Å². The number of hydrogen-bond acceptors (Lipinski definition) is 3. The summed E-state index contributed by atoms with van der Waals surface area (Å²) in [7, 11) is 0. The summed E-state index contributed by atoms with van der Waals surface area (Å²) in [5.41, 5.74) is 5.84. The van der Waals surface area contributed by atoms with Gasteiger partial charge in [0.25, 0.3) is 0 Å². The molecule has 9 heavy (non-hydrogen) atoms. The summed E-state index contributed by atoms with van der Waals surface area (Å²) in [6.45, 7) is 6.01. The molecule has 0 aromatic carbocycles. The highest BCUT2D eigenvalue weighted by Crippen LogP contribution is 1.84. The highest BCUT2D eigenvalue weighted by Gasteiger charge is 1.89. The van der Waals surface area contributed by atoms with Gasteiger partial charge in [-0.15, -0.1) is 0 Å². The molecule has 0 rings (SSSR count). The molecule has 3 N–H and O–H groups in total. The molecule has 0 aromatic rings. The Morgan fingerprint density at radius 3 is 2.44 bits per heavy atom. The molecule has 0 bridgehead atoms. The Labute approximate surface area is 56.4 Å². The van der Waals surface area contributed by atoms with Crippen molar-refractivity contribution in [2.45, 2.75) is 13.8 Å². The molecule has 0 amide bonds. The van der Waals surface area contributed by atoms with Crippen LogP contribution in [0.15, 0.2) is 0 Å². The van der Waals surface area contributed by atoms with Gasteiger partial charge in [0.1, 0.15) is 0 Å². The Hall–Kier alpha value is -0.120. The molecule has 0 heterocycles. The zero-order chi connectivity index (χ0) is 7.11. The van der Waals surface area contributed by atoms with Gasteiger partial charge in [-0.1, -0.05) is 13.8 Å². The first-order valence-corrected chi connectivity index (χ1v) is 3.34. The second-order valence-corrected chi connectivity index (χ2v) is 2.43. The van der Waals surface area contributed by atoms with Crippen molar-refractivity contribution < 1.29 is 5.11 Å². The maximum Gasteiger partial charge on any atom is 0.0569 e. The zero-order valence-corrected chi connectivity index (χ0v) is 6.15. The lowest BCUT2D eigenvalue weighted by atomic mass is 10.2. The van der Waals surface area contributed by atoms with E-state index in [1.54, 1.807) is 0 Å². The summed E-state index contributed by atoms with van der Waals surface area (Å²) >= 11 is 0. The van der Waals surface area contributed by atoms with Crippen molar-refractivity contribution in [3.05, 3.63) is 0 Å². The fourth-order valence-electron chi connectivity index (χ4n) is 0.421. The molecule has 0 spiro atoms. The Morgan fingerprint density at radius 2 is 2.00 bits per heavy atom. The molecule has 0 atom stereocenters. The highest BCUT2D eigenvalue weighted by molar-refractivity contribution is 4.45. The van der Waals surface area contributed by atoms with Gasteiger partial charge >= 0.3 is 0 Å². The predicted molar refractivity (Wildman–Crippen MR) is 37.9 cm³/mol. The average Bonchev–Trinajstić information content (AvgIpc) is 1.80. The van der Waals surface area contributed by atoms with Crippen molar-refractivity contribution in [3.63, 3.8) is 0 Å². The van der Waals surface area contributed by atoms with Crippen molar-refractivity contribution in [1.82, 2.24) is 10.9 Å². The molecule has 3 nitrogen and oxygen atoms in total. The number of hydrazine groups is 1. The van der Waals surface area contributed by atoms with E-state index >= 15 is 0 Å². The maximum absolute atomic E-state index is 8.33. The van der Waals surface area contributed by atoms with E-state index in [9.17, 15) is 0 Å². The Morgan fingerprint density at radius 1 is 1.33 bits per heavy atom. The molecule has 0 saturated heterocycles. The van der Waals surface area contributed by atoms with Crippen LogP contribution in [0.2, 0.25) is 0 Å². The van der Waals surface area contributed by atoms with E-state index in [0.717, 1.165) is 6.54 Å². The third-order valence-electron chi connectivity index (χ3n) is 0.872. The van der Waals surface area contributed by atoms with Crippen LogP contribution in [0.3, 0.4) is 0 Å². The Bertz CT molecular complexity index is 57.0. The lowest BCUT2D eigenvalue weighted by Gasteiger charge is -2.06. The van der Waals surface area contributed by atoms with E-state index < -0.39 is 0 Å². The van der Waals surface area contributed by atoms with Gasteiger partial charge in [0.05, 0.1) is 6.61 Å². The minimum atomic E-state index is 0.186. The second kappa shape index (κ2) is 6.01. The van der Waals surface area contributed by atoms with Crippen LogP contribution in [0.25, 0.3) is 0 Å². The summed E-state index contributed by atoms with van der Waals surface area (Å²) in [6.07, 6.45) is 0.